The molecule has 0 spiro atoms. The molecular weight excluding hydrogens is 268 g/mol. The van der Waals surface area contributed by atoms with Crippen LogP contribution in [0.15, 0.2) is 22.7 Å². The second-order valence-corrected chi connectivity index (χ2v) is 5.37. The highest BCUT2D eigenvalue weighted by Crippen LogP contribution is 2.31. The molecule has 1 fully saturated rings. The number of aryl methyl sites for hydroxylation is 1. The average Bonchev–Trinajstić information content (AvgIpc) is 2.28. The van der Waals surface area contributed by atoms with Crippen LogP contribution in [0.2, 0.25) is 0 Å². The molecular formula is C13H17BrO2. The first-order valence-electron chi connectivity index (χ1n) is 5.70. The van der Waals surface area contributed by atoms with Gasteiger partial charge in [-0.3, -0.25) is 0 Å². The van der Waals surface area contributed by atoms with E-state index in [-0.39, 0.29) is 6.10 Å². The van der Waals surface area contributed by atoms with Gasteiger partial charge in [-0.05, 0) is 48.9 Å². The average molecular weight is 285 g/mol. The van der Waals surface area contributed by atoms with Crippen LogP contribution in [-0.2, 0) is 4.74 Å². The van der Waals surface area contributed by atoms with Crippen molar-refractivity contribution in [3.05, 3.63) is 33.8 Å². The summed E-state index contributed by atoms with van der Waals surface area (Å²) < 4.78 is 6.35. The van der Waals surface area contributed by atoms with Gasteiger partial charge >= 0.3 is 0 Å². The third-order valence-corrected chi connectivity index (χ3v) is 3.58. The Kier molecular flexibility index (Phi) is 4.00. The van der Waals surface area contributed by atoms with Gasteiger partial charge in [0, 0.05) is 17.7 Å². The zero-order valence-corrected chi connectivity index (χ0v) is 11.0. The maximum atomic E-state index is 10.3. The molecule has 0 aromatic heterocycles. The van der Waals surface area contributed by atoms with Gasteiger partial charge in [0.05, 0.1) is 6.10 Å². The van der Waals surface area contributed by atoms with E-state index >= 15 is 0 Å². The zero-order valence-electron chi connectivity index (χ0n) is 9.45. The Morgan fingerprint density at radius 1 is 1.31 bits per heavy atom. The second-order valence-electron chi connectivity index (χ2n) is 4.46. The first-order valence-corrected chi connectivity index (χ1v) is 6.49. The zero-order chi connectivity index (χ0) is 11.5. The van der Waals surface area contributed by atoms with Gasteiger partial charge in [0.25, 0.3) is 0 Å². The molecule has 1 saturated heterocycles. The molecule has 1 aliphatic rings. The summed E-state index contributed by atoms with van der Waals surface area (Å²) in [7, 11) is 0. The summed E-state index contributed by atoms with van der Waals surface area (Å²) in [5.41, 5.74) is 2.19. The lowest BCUT2D eigenvalue weighted by atomic mass is 9.89. The van der Waals surface area contributed by atoms with Crippen molar-refractivity contribution >= 4 is 15.9 Å². The van der Waals surface area contributed by atoms with Crippen LogP contribution in [0, 0.1) is 12.8 Å². The normalized spacial score (nSPS) is 19.7. The summed E-state index contributed by atoms with van der Waals surface area (Å²) in [6.07, 6.45) is 1.54. The number of hydrogen-bond donors (Lipinski definition) is 1. The molecule has 0 radical (unpaired) electrons. The van der Waals surface area contributed by atoms with E-state index in [4.69, 9.17) is 4.74 Å². The van der Waals surface area contributed by atoms with Crippen LogP contribution in [0.4, 0.5) is 0 Å². The molecule has 88 valence electrons. The van der Waals surface area contributed by atoms with E-state index in [0.717, 1.165) is 36.1 Å². The van der Waals surface area contributed by atoms with Crippen LogP contribution in [-0.4, -0.2) is 18.3 Å². The molecule has 0 saturated carbocycles. The number of halogens is 1. The Morgan fingerprint density at radius 2 is 2.00 bits per heavy atom. The van der Waals surface area contributed by atoms with E-state index in [1.807, 2.05) is 13.0 Å². The largest absolute Gasteiger partial charge is 0.388 e. The molecule has 1 N–H and O–H groups in total. The smallest absolute Gasteiger partial charge is 0.0820 e. The van der Waals surface area contributed by atoms with Crippen LogP contribution in [0.3, 0.4) is 0 Å². The molecule has 0 aliphatic carbocycles. The van der Waals surface area contributed by atoms with E-state index in [1.54, 1.807) is 0 Å². The Labute approximate surface area is 105 Å². The third-order valence-electron chi connectivity index (χ3n) is 3.12. The third kappa shape index (κ3) is 2.84. The van der Waals surface area contributed by atoms with Crippen molar-refractivity contribution in [1.29, 1.82) is 0 Å². The fourth-order valence-corrected chi connectivity index (χ4v) is 2.86. The minimum atomic E-state index is -0.361. The van der Waals surface area contributed by atoms with Gasteiger partial charge in [-0.25, -0.2) is 0 Å². The van der Waals surface area contributed by atoms with Crippen molar-refractivity contribution in [1.82, 2.24) is 0 Å². The summed E-state index contributed by atoms with van der Waals surface area (Å²) in [4.78, 5) is 0. The lowest BCUT2D eigenvalue weighted by Crippen LogP contribution is -2.22. The number of ether oxygens (including phenoxy) is 1. The predicted octanol–water partition coefficient (Wildman–Crippen LogP) is 3.22. The quantitative estimate of drug-likeness (QED) is 0.904. The van der Waals surface area contributed by atoms with E-state index in [9.17, 15) is 5.11 Å². The minimum absolute atomic E-state index is 0.336. The maximum absolute atomic E-state index is 10.3. The molecule has 2 nitrogen and oxygen atoms in total. The number of aliphatic hydroxyl groups is 1. The Hall–Kier alpha value is -0.380. The van der Waals surface area contributed by atoms with Crippen molar-refractivity contribution in [3.63, 3.8) is 0 Å². The van der Waals surface area contributed by atoms with Crippen LogP contribution in [0.25, 0.3) is 0 Å². The van der Waals surface area contributed by atoms with Crippen molar-refractivity contribution in [2.24, 2.45) is 5.92 Å². The summed E-state index contributed by atoms with van der Waals surface area (Å²) in [6.45, 7) is 3.59. The molecule has 1 aromatic rings. The van der Waals surface area contributed by atoms with Crippen molar-refractivity contribution in [2.75, 3.05) is 13.2 Å². The topological polar surface area (TPSA) is 29.5 Å². The van der Waals surface area contributed by atoms with Crippen LogP contribution < -0.4 is 0 Å². The SMILES string of the molecule is Cc1cc(Br)cc(C(O)C2CCOCC2)c1. The van der Waals surface area contributed by atoms with Crippen molar-refractivity contribution in [3.8, 4) is 0 Å². The summed E-state index contributed by atoms with van der Waals surface area (Å²) in [5.74, 6) is 0.336. The Balaban J connectivity index is 2.15. The Morgan fingerprint density at radius 3 is 2.62 bits per heavy atom. The van der Waals surface area contributed by atoms with E-state index in [0.29, 0.717) is 5.92 Å². The molecule has 0 bridgehead atoms. The molecule has 3 heteroatoms. The second kappa shape index (κ2) is 5.30. The van der Waals surface area contributed by atoms with Gasteiger partial charge in [-0.2, -0.15) is 0 Å². The first-order chi connectivity index (χ1) is 7.66. The monoisotopic (exact) mass is 284 g/mol. The molecule has 1 atom stereocenters. The van der Waals surface area contributed by atoms with Crippen LogP contribution in [0.1, 0.15) is 30.1 Å². The molecule has 2 rings (SSSR count). The fraction of sp³-hybridized carbons (Fsp3) is 0.538. The summed E-state index contributed by atoms with van der Waals surface area (Å²) >= 11 is 3.47. The molecule has 1 aromatic carbocycles. The highest BCUT2D eigenvalue weighted by molar-refractivity contribution is 9.10. The standard InChI is InChI=1S/C13H17BrO2/c1-9-6-11(8-12(14)7-9)13(15)10-2-4-16-5-3-10/h6-8,10,13,15H,2-5H2,1H3. The highest BCUT2D eigenvalue weighted by Gasteiger charge is 2.23. The summed E-state index contributed by atoms with van der Waals surface area (Å²) in [5, 5.41) is 10.3. The van der Waals surface area contributed by atoms with Gasteiger partial charge in [0.1, 0.15) is 0 Å². The first kappa shape index (κ1) is 12.1. The minimum Gasteiger partial charge on any atom is -0.388 e. The fourth-order valence-electron chi connectivity index (χ4n) is 2.24. The van der Waals surface area contributed by atoms with Crippen LogP contribution >= 0.6 is 15.9 Å². The van der Waals surface area contributed by atoms with Crippen molar-refractivity contribution < 1.29 is 9.84 Å². The molecule has 1 unspecified atom stereocenters. The van der Waals surface area contributed by atoms with Crippen LogP contribution in [0.5, 0.6) is 0 Å². The molecule has 1 heterocycles. The van der Waals surface area contributed by atoms with Gasteiger partial charge in [-0.1, -0.05) is 22.0 Å². The lowest BCUT2D eigenvalue weighted by molar-refractivity contribution is 0.00715. The number of aliphatic hydroxyl groups excluding tert-OH is 1. The number of rotatable bonds is 2. The Bertz CT molecular complexity index is 339. The van der Waals surface area contributed by atoms with E-state index in [1.165, 1.54) is 5.56 Å². The van der Waals surface area contributed by atoms with Gasteiger partial charge in [-0.15, -0.1) is 0 Å². The van der Waals surface area contributed by atoms with E-state index in [2.05, 4.69) is 28.1 Å². The predicted molar refractivity (Wildman–Crippen MR) is 67.4 cm³/mol. The maximum Gasteiger partial charge on any atom is 0.0820 e. The molecule has 0 amide bonds. The lowest BCUT2D eigenvalue weighted by Gasteiger charge is -2.27. The number of benzene rings is 1. The van der Waals surface area contributed by atoms with Gasteiger partial charge in [0.2, 0.25) is 0 Å². The van der Waals surface area contributed by atoms with E-state index < -0.39 is 0 Å². The molecule has 1 aliphatic heterocycles. The number of hydrogen-bond acceptors (Lipinski definition) is 2. The molecule has 16 heavy (non-hydrogen) atoms. The van der Waals surface area contributed by atoms with Gasteiger partial charge < -0.3 is 9.84 Å². The summed E-state index contributed by atoms with van der Waals surface area (Å²) in [6, 6.07) is 6.12. The highest BCUT2D eigenvalue weighted by atomic mass is 79.9. The van der Waals surface area contributed by atoms with Crippen molar-refractivity contribution in [2.45, 2.75) is 25.9 Å². The van der Waals surface area contributed by atoms with Gasteiger partial charge in [0.15, 0.2) is 0 Å².